The highest BCUT2D eigenvalue weighted by Gasteiger charge is 2.46. The summed E-state index contributed by atoms with van der Waals surface area (Å²) in [5, 5.41) is 41.4. The van der Waals surface area contributed by atoms with Crippen molar-refractivity contribution >= 4 is 17.1 Å². The molecule has 0 spiro atoms. The Morgan fingerprint density at radius 2 is 1.96 bits per heavy atom. The van der Waals surface area contributed by atoms with E-state index < -0.39 is 36.7 Å². The Bertz CT molecular complexity index is 791. The number of ether oxygens (including phenoxy) is 2. The highest BCUT2D eigenvalue weighted by Crippen LogP contribution is 2.37. The van der Waals surface area contributed by atoms with E-state index in [0.717, 1.165) is 5.06 Å². The lowest BCUT2D eigenvalue weighted by Gasteiger charge is -2.31. The van der Waals surface area contributed by atoms with Crippen LogP contribution in [0.25, 0.3) is 11.2 Å². The summed E-state index contributed by atoms with van der Waals surface area (Å²) >= 11 is 0. The predicted molar refractivity (Wildman–Crippen MR) is 88.9 cm³/mol. The van der Waals surface area contributed by atoms with E-state index in [0.29, 0.717) is 0 Å². The largest absolute Gasteiger partial charge is 0.479 e. The van der Waals surface area contributed by atoms with Gasteiger partial charge in [0, 0.05) is 0 Å². The van der Waals surface area contributed by atoms with Crippen molar-refractivity contribution in [2.75, 3.05) is 18.8 Å². The average molecular weight is 369 g/mol. The van der Waals surface area contributed by atoms with E-state index in [-0.39, 0.29) is 23.0 Å². The smallest absolute Gasteiger partial charge is 0.245 e. The molecule has 144 valence electrons. The third kappa shape index (κ3) is 2.87. The fourth-order valence-corrected chi connectivity index (χ4v) is 2.80. The number of aliphatic hydroxyl groups is 3. The number of aliphatic hydroxyl groups excluding tert-OH is 3. The summed E-state index contributed by atoms with van der Waals surface area (Å²) < 4.78 is 12.1. The van der Waals surface area contributed by atoms with Crippen LogP contribution in [-0.2, 0) is 4.74 Å². The Hall–Kier alpha value is -2.05. The van der Waals surface area contributed by atoms with E-state index in [1.165, 1.54) is 18.0 Å². The van der Waals surface area contributed by atoms with E-state index in [4.69, 9.17) is 9.47 Å². The van der Waals surface area contributed by atoms with Crippen LogP contribution in [0.1, 0.15) is 27.0 Å². The molecule has 0 bridgehead atoms. The molecular weight excluding hydrogens is 346 g/mol. The first-order valence-corrected chi connectivity index (χ1v) is 8.09. The molecule has 0 unspecified atom stereocenters. The van der Waals surface area contributed by atoms with Gasteiger partial charge < -0.3 is 24.8 Å². The van der Waals surface area contributed by atoms with Crippen molar-refractivity contribution in [2.45, 2.75) is 50.8 Å². The van der Waals surface area contributed by atoms with Crippen molar-refractivity contribution in [1.29, 1.82) is 0 Å². The molecule has 0 amide bonds. The topological polar surface area (TPSA) is 146 Å². The minimum Gasteiger partial charge on any atom is -0.479 e. The highest BCUT2D eigenvalue weighted by molar-refractivity contribution is 5.79. The van der Waals surface area contributed by atoms with Gasteiger partial charge in [0.2, 0.25) is 11.8 Å². The van der Waals surface area contributed by atoms with Gasteiger partial charge in [0.25, 0.3) is 0 Å². The van der Waals surface area contributed by atoms with Gasteiger partial charge in [-0.25, -0.2) is 15.0 Å². The number of fused-ring (bicyclic) bond motifs is 1. The molecule has 0 saturated carbocycles. The Balaban J connectivity index is 2.22. The SMILES string of the molecule is COc1ncnc2c1nc(N(O)C(C)(C)C)n2[C@@H]1O[C@H](CO)[C@@H](O)[C@H]1O. The Morgan fingerprint density at radius 1 is 1.27 bits per heavy atom. The lowest BCUT2D eigenvalue weighted by atomic mass is 10.1. The number of hydrogen-bond acceptors (Lipinski definition) is 10. The second-order valence-corrected chi connectivity index (χ2v) is 7.05. The summed E-state index contributed by atoms with van der Waals surface area (Å²) in [6, 6.07) is 0. The molecular formula is C15H23N5O6. The zero-order valence-electron chi connectivity index (χ0n) is 14.9. The molecule has 0 aromatic carbocycles. The second kappa shape index (κ2) is 6.59. The van der Waals surface area contributed by atoms with Crippen molar-refractivity contribution in [3.8, 4) is 5.88 Å². The maximum absolute atomic E-state index is 10.7. The lowest BCUT2D eigenvalue weighted by Crippen LogP contribution is -2.41. The number of hydroxylamine groups is 1. The standard InChI is InChI=1S/C15H23N5O6/c1-15(2,3)20(24)14-18-8-11(16-6-17-12(8)25-4)19(14)13-10(23)9(22)7(5-21)26-13/h6-7,9-10,13,21-24H,5H2,1-4H3/t7-,9-,10-,13-/m1/s1. The summed E-state index contributed by atoms with van der Waals surface area (Å²) in [5.74, 6) is 0.213. The van der Waals surface area contributed by atoms with Gasteiger partial charge in [-0.05, 0) is 20.8 Å². The molecule has 4 N–H and O–H groups in total. The first-order chi connectivity index (χ1) is 12.2. The summed E-state index contributed by atoms with van der Waals surface area (Å²) in [6.07, 6.45) is -3.52. The Kier molecular flexibility index (Phi) is 4.75. The summed E-state index contributed by atoms with van der Waals surface area (Å²) in [5.41, 5.74) is -0.241. The fourth-order valence-electron chi connectivity index (χ4n) is 2.80. The van der Waals surface area contributed by atoms with E-state index in [2.05, 4.69) is 15.0 Å². The number of hydrogen-bond donors (Lipinski definition) is 4. The van der Waals surface area contributed by atoms with Crippen molar-refractivity contribution in [1.82, 2.24) is 19.5 Å². The summed E-state index contributed by atoms with van der Waals surface area (Å²) in [7, 11) is 1.42. The minimum atomic E-state index is -1.36. The van der Waals surface area contributed by atoms with Crippen LogP contribution in [0.5, 0.6) is 5.88 Å². The summed E-state index contributed by atoms with van der Waals surface area (Å²) in [6.45, 7) is 4.81. The van der Waals surface area contributed by atoms with Crippen LogP contribution in [0.2, 0.25) is 0 Å². The molecule has 1 saturated heterocycles. The average Bonchev–Trinajstić information content (AvgIpc) is 3.11. The van der Waals surface area contributed by atoms with Crippen molar-refractivity contribution in [2.24, 2.45) is 0 Å². The normalized spacial score (nSPS) is 26.5. The monoisotopic (exact) mass is 369 g/mol. The number of methoxy groups -OCH3 is 1. The molecule has 2 aromatic heterocycles. The van der Waals surface area contributed by atoms with Gasteiger partial charge in [-0.2, -0.15) is 4.98 Å². The molecule has 11 heteroatoms. The highest BCUT2D eigenvalue weighted by atomic mass is 16.6. The van der Waals surface area contributed by atoms with E-state index >= 15 is 0 Å². The van der Waals surface area contributed by atoms with Gasteiger partial charge in [0.1, 0.15) is 24.6 Å². The molecule has 0 aliphatic carbocycles. The zero-order chi connectivity index (χ0) is 19.2. The number of aromatic nitrogens is 4. The van der Waals surface area contributed by atoms with Crippen LogP contribution in [-0.4, -0.2) is 77.6 Å². The van der Waals surface area contributed by atoms with Crippen molar-refractivity contribution < 1.29 is 30.0 Å². The number of nitrogens with zero attached hydrogens (tertiary/aromatic N) is 5. The van der Waals surface area contributed by atoms with Gasteiger partial charge in [0.05, 0.1) is 19.3 Å². The summed E-state index contributed by atoms with van der Waals surface area (Å²) in [4.78, 5) is 12.5. The predicted octanol–water partition coefficient (Wildman–Crippen LogP) is -0.560. The van der Waals surface area contributed by atoms with Gasteiger partial charge >= 0.3 is 0 Å². The minimum absolute atomic E-state index is 0.0288. The number of anilines is 1. The van der Waals surface area contributed by atoms with Gasteiger partial charge in [-0.15, -0.1) is 0 Å². The maximum atomic E-state index is 10.7. The van der Waals surface area contributed by atoms with Crippen LogP contribution in [0.15, 0.2) is 6.33 Å². The molecule has 3 rings (SSSR count). The Labute approximate surface area is 149 Å². The van der Waals surface area contributed by atoms with Gasteiger partial charge in [-0.3, -0.25) is 9.77 Å². The first kappa shape index (κ1) is 18.7. The fraction of sp³-hybridized carbons (Fsp3) is 0.667. The lowest BCUT2D eigenvalue weighted by molar-refractivity contribution is -0.0517. The van der Waals surface area contributed by atoms with Crippen LogP contribution < -0.4 is 9.80 Å². The number of imidazole rings is 1. The number of rotatable bonds is 4. The molecule has 1 aliphatic heterocycles. The Morgan fingerprint density at radius 3 is 2.50 bits per heavy atom. The van der Waals surface area contributed by atoms with Crippen molar-refractivity contribution in [3.63, 3.8) is 0 Å². The van der Waals surface area contributed by atoms with Gasteiger partial charge in [-0.1, -0.05) is 0 Å². The van der Waals surface area contributed by atoms with Gasteiger partial charge in [0.15, 0.2) is 17.4 Å². The molecule has 4 atom stereocenters. The maximum Gasteiger partial charge on any atom is 0.245 e. The second-order valence-electron chi connectivity index (χ2n) is 7.05. The quantitative estimate of drug-likeness (QED) is 0.517. The molecule has 0 radical (unpaired) electrons. The van der Waals surface area contributed by atoms with E-state index in [1.54, 1.807) is 20.8 Å². The van der Waals surface area contributed by atoms with Crippen LogP contribution in [0.4, 0.5) is 5.95 Å². The van der Waals surface area contributed by atoms with Crippen LogP contribution in [0, 0.1) is 0 Å². The third-order valence-corrected chi connectivity index (χ3v) is 4.21. The molecule has 2 aromatic rings. The first-order valence-electron chi connectivity index (χ1n) is 8.09. The molecule has 11 nitrogen and oxygen atoms in total. The third-order valence-electron chi connectivity index (χ3n) is 4.21. The van der Waals surface area contributed by atoms with Crippen LogP contribution in [0.3, 0.4) is 0 Å². The molecule has 26 heavy (non-hydrogen) atoms. The van der Waals surface area contributed by atoms with E-state index in [1.807, 2.05) is 0 Å². The van der Waals surface area contributed by atoms with E-state index in [9.17, 15) is 20.5 Å². The molecule has 1 fully saturated rings. The zero-order valence-corrected chi connectivity index (χ0v) is 14.9. The molecule has 1 aliphatic rings. The molecule has 3 heterocycles. The van der Waals surface area contributed by atoms with Crippen molar-refractivity contribution in [3.05, 3.63) is 6.33 Å². The van der Waals surface area contributed by atoms with Crippen LogP contribution >= 0.6 is 0 Å².